The summed E-state index contributed by atoms with van der Waals surface area (Å²) in [6.45, 7) is 0.217. The molecular weight excluding hydrogens is 512 g/mol. The van der Waals surface area contributed by atoms with Gasteiger partial charge in [0.1, 0.15) is 17.3 Å². The predicted molar refractivity (Wildman–Crippen MR) is 147 cm³/mol. The molecule has 0 saturated carbocycles. The third kappa shape index (κ3) is 4.87. The van der Waals surface area contributed by atoms with Crippen LogP contribution in [-0.4, -0.2) is 45.2 Å². The standard InChI is InChI=1S/C29H24N6O5/c1-39-21-11-9-20(10-12-21)34-17-19(14-27(34)37)28(38)31-25-15-23(24-8-5-13-40-24)33-35(25)29-30-22(16-26(36)32-29)18-6-3-2-4-7-18/h2-13,15-16,19H,14,17H2,1H3,(H,31,38)(H,30,32,36). The SMILES string of the molecule is COc1ccc(N2CC(C(=O)Nc3cc(-c4ccco4)nn3-c3nc(-c4ccccc4)cc(=O)[nH]3)CC2=O)cc1. The molecule has 1 fully saturated rings. The van der Waals surface area contributed by atoms with E-state index in [-0.39, 0.29) is 42.1 Å². The maximum atomic E-state index is 13.4. The lowest BCUT2D eigenvalue weighted by molar-refractivity contribution is -0.122. The molecule has 2 aromatic carbocycles. The van der Waals surface area contributed by atoms with E-state index >= 15 is 0 Å². The Morgan fingerprint density at radius 1 is 1.02 bits per heavy atom. The molecule has 1 saturated heterocycles. The number of ether oxygens (including phenoxy) is 1. The summed E-state index contributed by atoms with van der Waals surface area (Å²) in [5, 5.41) is 7.44. The Bertz CT molecular complexity index is 1730. The number of nitrogens with zero attached hydrogens (tertiary/aromatic N) is 4. The van der Waals surface area contributed by atoms with Gasteiger partial charge in [-0.25, -0.2) is 4.98 Å². The third-order valence-electron chi connectivity index (χ3n) is 6.61. The average molecular weight is 537 g/mol. The summed E-state index contributed by atoms with van der Waals surface area (Å²) in [4.78, 5) is 47.7. The van der Waals surface area contributed by atoms with Crippen LogP contribution in [0.1, 0.15) is 6.42 Å². The molecule has 1 unspecified atom stereocenters. The summed E-state index contributed by atoms with van der Waals surface area (Å²) in [6.07, 6.45) is 1.57. The highest BCUT2D eigenvalue weighted by molar-refractivity contribution is 6.03. The highest BCUT2D eigenvalue weighted by Crippen LogP contribution is 2.29. The van der Waals surface area contributed by atoms with E-state index in [0.717, 1.165) is 5.56 Å². The van der Waals surface area contributed by atoms with Crippen molar-refractivity contribution >= 4 is 23.3 Å². The van der Waals surface area contributed by atoms with E-state index in [0.29, 0.717) is 28.6 Å². The van der Waals surface area contributed by atoms with Gasteiger partial charge < -0.3 is 19.4 Å². The Hall–Kier alpha value is -5.45. The van der Waals surface area contributed by atoms with Gasteiger partial charge in [-0.1, -0.05) is 30.3 Å². The predicted octanol–water partition coefficient (Wildman–Crippen LogP) is 3.88. The molecule has 0 radical (unpaired) electrons. The number of aromatic nitrogens is 4. The Morgan fingerprint density at radius 3 is 2.55 bits per heavy atom. The van der Waals surface area contributed by atoms with Crippen molar-refractivity contribution in [3.05, 3.63) is 95.5 Å². The van der Waals surface area contributed by atoms with Crippen LogP contribution in [0.3, 0.4) is 0 Å². The van der Waals surface area contributed by atoms with Gasteiger partial charge in [-0.3, -0.25) is 19.4 Å². The Morgan fingerprint density at radius 2 is 1.82 bits per heavy atom. The number of furan rings is 1. The van der Waals surface area contributed by atoms with Crippen LogP contribution in [0.15, 0.2) is 94.3 Å². The minimum Gasteiger partial charge on any atom is -0.497 e. The number of hydrogen-bond acceptors (Lipinski definition) is 7. The number of benzene rings is 2. The van der Waals surface area contributed by atoms with Gasteiger partial charge in [0.25, 0.3) is 5.56 Å². The summed E-state index contributed by atoms with van der Waals surface area (Å²) in [7, 11) is 1.57. The Labute approximate surface area is 228 Å². The minimum atomic E-state index is -0.604. The van der Waals surface area contributed by atoms with Crippen molar-refractivity contribution in [1.82, 2.24) is 19.7 Å². The van der Waals surface area contributed by atoms with Gasteiger partial charge in [0, 0.05) is 36.3 Å². The van der Waals surface area contributed by atoms with Crippen molar-refractivity contribution in [2.45, 2.75) is 6.42 Å². The summed E-state index contributed by atoms with van der Waals surface area (Å²) in [5.74, 6) is 0.398. The van der Waals surface area contributed by atoms with E-state index in [2.05, 4.69) is 20.4 Å². The van der Waals surface area contributed by atoms with Gasteiger partial charge in [-0.05, 0) is 36.4 Å². The summed E-state index contributed by atoms with van der Waals surface area (Å²) < 4.78 is 12.0. The topological polar surface area (TPSA) is 135 Å². The molecule has 1 aliphatic heterocycles. The molecule has 3 aromatic heterocycles. The van der Waals surface area contributed by atoms with Crippen molar-refractivity contribution in [2.75, 3.05) is 23.9 Å². The van der Waals surface area contributed by atoms with Gasteiger partial charge in [-0.15, -0.1) is 0 Å². The van der Waals surface area contributed by atoms with E-state index in [1.54, 1.807) is 54.5 Å². The summed E-state index contributed by atoms with van der Waals surface area (Å²) in [5.41, 5.74) is 1.93. The maximum Gasteiger partial charge on any atom is 0.252 e. The van der Waals surface area contributed by atoms with Gasteiger partial charge in [0.2, 0.25) is 17.8 Å². The van der Waals surface area contributed by atoms with Crippen molar-refractivity contribution < 1.29 is 18.7 Å². The third-order valence-corrected chi connectivity index (χ3v) is 6.61. The number of nitrogens with one attached hydrogen (secondary N) is 2. The summed E-state index contributed by atoms with van der Waals surface area (Å²) >= 11 is 0. The number of hydrogen-bond donors (Lipinski definition) is 2. The van der Waals surface area contributed by atoms with Crippen molar-refractivity contribution in [2.24, 2.45) is 5.92 Å². The van der Waals surface area contributed by atoms with Gasteiger partial charge in [0.15, 0.2) is 5.76 Å². The second-order valence-corrected chi connectivity index (χ2v) is 9.22. The molecule has 2 amide bonds. The molecule has 11 heteroatoms. The van der Waals surface area contributed by atoms with Crippen LogP contribution in [0, 0.1) is 5.92 Å². The minimum absolute atomic E-state index is 0.0512. The lowest BCUT2D eigenvalue weighted by atomic mass is 10.1. The molecule has 1 atom stereocenters. The number of amides is 2. The largest absolute Gasteiger partial charge is 0.497 e. The van der Waals surface area contributed by atoms with E-state index in [1.165, 1.54) is 17.0 Å². The molecule has 0 spiro atoms. The number of carbonyl (C=O) groups excluding carboxylic acids is 2. The second kappa shape index (κ2) is 10.4. The van der Waals surface area contributed by atoms with Gasteiger partial charge in [0.05, 0.1) is 25.0 Å². The molecule has 0 bridgehead atoms. The molecule has 1 aliphatic rings. The Kier molecular flexibility index (Phi) is 6.44. The lowest BCUT2D eigenvalue weighted by Gasteiger charge is -2.17. The first-order chi connectivity index (χ1) is 19.5. The number of carbonyl (C=O) groups is 2. The zero-order chi connectivity index (χ0) is 27.6. The van der Waals surface area contributed by atoms with Gasteiger partial charge >= 0.3 is 0 Å². The fraction of sp³-hybridized carbons (Fsp3) is 0.138. The maximum absolute atomic E-state index is 13.4. The van der Waals surface area contributed by atoms with Crippen LogP contribution >= 0.6 is 0 Å². The Balaban J connectivity index is 1.31. The smallest absolute Gasteiger partial charge is 0.252 e. The van der Waals surface area contributed by atoms with Crippen LogP contribution in [0.4, 0.5) is 11.5 Å². The molecule has 0 aliphatic carbocycles. The quantitative estimate of drug-likeness (QED) is 0.322. The molecule has 40 heavy (non-hydrogen) atoms. The monoisotopic (exact) mass is 536 g/mol. The second-order valence-electron chi connectivity index (χ2n) is 9.22. The normalized spacial score (nSPS) is 14.9. The highest BCUT2D eigenvalue weighted by Gasteiger charge is 2.35. The molecule has 6 rings (SSSR count). The number of anilines is 2. The number of H-pyrrole nitrogens is 1. The van der Waals surface area contributed by atoms with Gasteiger partial charge in [-0.2, -0.15) is 9.78 Å². The molecule has 4 heterocycles. The average Bonchev–Trinajstić information content (AvgIpc) is 3.74. The lowest BCUT2D eigenvalue weighted by Crippen LogP contribution is -2.28. The fourth-order valence-corrected chi connectivity index (χ4v) is 4.60. The number of aromatic amines is 1. The zero-order valence-corrected chi connectivity index (χ0v) is 21.4. The van der Waals surface area contributed by atoms with Crippen LogP contribution in [0.25, 0.3) is 28.7 Å². The van der Waals surface area contributed by atoms with E-state index < -0.39 is 5.92 Å². The molecular formula is C29H24N6O5. The fourth-order valence-electron chi connectivity index (χ4n) is 4.60. The molecule has 11 nitrogen and oxygen atoms in total. The number of methoxy groups -OCH3 is 1. The number of rotatable bonds is 7. The van der Waals surface area contributed by atoms with E-state index in [4.69, 9.17) is 9.15 Å². The molecule has 2 N–H and O–H groups in total. The zero-order valence-electron chi connectivity index (χ0n) is 21.4. The molecule has 200 valence electrons. The van der Waals surface area contributed by atoms with Crippen molar-refractivity contribution in [3.63, 3.8) is 0 Å². The van der Waals surface area contributed by atoms with Crippen LogP contribution in [-0.2, 0) is 9.59 Å². The summed E-state index contributed by atoms with van der Waals surface area (Å²) in [6, 6.07) is 22.8. The first kappa shape index (κ1) is 24.9. The first-order valence-electron chi connectivity index (χ1n) is 12.5. The van der Waals surface area contributed by atoms with Crippen molar-refractivity contribution in [3.8, 4) is 34.4 Å². The van der Waals surface area contributed by atoms with Crippen LogP contribution in [0.2, 0.25) is 0 Å². The first-order valence-corrected chi connectivity index (χ1v) is 12.5. The molecule has 5 aromatic rings. The van der Waals surface area contributed by atoms with Crippen LogP contribution in [0.5, 0.6) is 5.75 Å². The van der Waals surface area contributed by atoms with Crippen LogP contribution < -0.4 is 20.5 Å². The highest BCUT2D eigenvalue weighted by atomic mass is 16.5. The van der Waals surface area contributed by atoms with E-state index in [9.17, 15) is 14.4 Å². The van der Waals surface area contributed by atoms with Crippen molar-refractivity contribution in [1.29, 1.82) is 0 Å². The van der Waals surface area contributed by atoms with E-state index in [1.807, 2.05) is 30.3 Å².